The van der Waals surface area contributed by atoms with Gasteiger partial charge in [-0.15, -0.1) is 0 Å². The molecule has 0 N–H and O–H groups in total. The molecular weight excluding hydrogens is 296 g/mol. The van der Waals surface area contributed by atoms with Gasteiger partial charge in [0.1, 0.15) is 0 Å². The third kappa shape index (κ3) is 3.32. The molecule has 0 spiro atoms. The fourth-order valence-corrected chi connectivity index (χ4v) is 1.16. The Kier molecular flexibility index (Phi) is 5.80. The van der Waals surface area contributed by atoms with Gasteiger partial charge in [0.05, 0.1) is 0 Å². The molecule has 20 heavy (non-hydrogen) atoms. The van der Waals surface area contributed by atoms with Gasteiger partial charge in [-0.05, 0) is 25.0 Å². The van der Waals surface area contributed by atoms with Crippen LogP contribution in [0.15, 0.2) is 24.3 Å². The molecule has 0 rings (SSSR count). The van der Waals surface area contributed by atoms with E-state index in [9.17, 15) is 35.1 Å². The summed E-state index contributed by atoms with van der Waals surface area (Å²) in [5.41, 5.74) is 0. The summed E-state index contributed by atoms with van der Waals surface area (Å²) < 4.78 is 105. The van der Waals surface area contributed by atoms with Gasteiger partial charge in [-0.1, -0.05) is 26.0 Å². The minimum absolute atomic E-state index is 0.136. The quantitative estimate of drug-likeness (QED) is 0.433. The molecule has 0 aliphatic carbocycles. The molecule has 0 aromatic heterocycles. The van der Waals surface area contributed by atoms with E-state index in [2.05, 4.69) is 0 Å². The highest BCUT2D eigenvalue weighted by Crippen LogP contribution is 2.53. The third-order valence-corrected chi connectivity index (χ3v) is 2.36. The van der Waals surface area contributed by atoms with E-state index in [-0.39, 0.29) is 12.8 Å². The van der Waals surface area contributed by atoms with Crippen molar-refractivity contribution >= 4 is 0 Å². The van der Waals surface area contributed by atoms with E-state index in [1.54, 1.807) is 0 Å². The van der Waals surface area contributed by atoms with Crippen molar-refractivity contribution in [3.8, 4) is 0 Å². The standard InChI is InChI=1S/C12H14F8/c1-3-5-7-9(13,14)11(17,18)12(19,20)10(15,16)8-6-4-2/h5-8H,3-4H2,1-2H3/b7-5+,8-6+. The maximum absolute atomic E-state index is 13.2. The molecule has 8 heteroatoms. The van der Waals surface area contributed by atoms with Crippen molar-refractivity contribution < 1.29 is 35.1 Å². The van der Waals surface area contributed by atoms with Crippen LogP contribution < -0.4 is 0 Å². The second-order valence-electron chi connectivity index (χ2n) is 4.02. The van der Waals surface area contributed by atoms with Crippen molar-refractivity contribution in [1.29, 1.82) is 0 Å². The highest BCUT2D eigenvalue weighted by Gasteiger charge is 2.79. The van der Waals surface area contributed by atoms with Crippen LogP contribution in [0.4, 0.5) is 35.1 Å². The van der Waals surface area contributed by atoms with Gasteiger partial charge in [-0.3, -0.25) is 0 Å². The molecule has 0 heterocycles. The van der Waals surface area contributed by atoms with Crippen molar-refractivity contribution in [2.75, 3.05) is 0 Å². The van der Waals surface area contributed by atoms with Crippen molar-refractivity contribution in [2.45, 2.75) is 50.4 Å². The summed E-state index contributed by atoms with van der Waals surface area (Å²) >= 11 is 0. The van der Waals surface area contributed by atoms with Crippen LogP contribution in [-0.2, 0) is 0 Å². The summed E-state index contributed by atoms with van der Waals surface area (Å²) in [6, 6.07) is 0. The van der Waals surface area contributed by atoms with Gasteiger partial charge in [0.25, 0.3) is 0 Å². The fraction of sp³-hybridized carbons (Fsp3) is 0.667. The lowest BCUT2D eigenvalue weighted by Crippen LogP contribution is -2.61. The second kappa shape index (κ2) is 6.13. The van der Waals surface area contributed by atoms with Crippen LogP contribution in [0.25, 0.3) is 0 Å². The lowest BCUT2D eigenvalue weighted by atomic mass is 9.97. The number of allylic oxidation sites excluding steroid dienone is 4. The van der Waals surface area contributed by atoms with Crippen LogP contribution in [0.3, 0.4) is 0 Å². The normalized spacial score (nSPS) is 15.5. The topological polar surface area (TPSA) is 0 Å². The predicted molar refractivity (Wildman–Crippen MR) is 58.7 cm³/mol. The molecule has 0 saturated carbocycles. The number of alkyl halides is 8. The largest absolute Gasteiger partial charge is 0.382 e. The highest BCUT2D eigenvalue weighted by atomic mass is 19.4. The molecule has 0 amide bonds. The Balaban J connectivity index is 5.66. The first kappa shape index (κ1) is 18.9. The molecule has 0 aliphatic rings. The molecule has 0 fully saturated rings. The first-order valence-corrected chi connectivity index (χ1v) is 5.74. The lowest BCUT2D eigenvalue weighted by molar-refractivity contribution is -0.344. The van der Waals surface area contributed by atoms with E-state index in [0.29, 0.717) is 12.2 Å². The average Bonchev–Trinajstić information content (AvgIpc) is 2.33. The number of hydrogen-bond donors (Lipinski definition) is 0. The van der Waals surface area contributed by atoms with Crippen molar-refractivity contribution in [1.82, 2.24) is 0 Å². The van der Waals surface area contributed by atoms with Gasteiger partial charge in [0.15, 0.2) is 0 Å². The van der Waals surface area contributed by atoms with Gasteiger partial charge in [-0.25, -0.2) is 0 Å². The van der Waals surface area contributed by atoms with Crippen LogP contribution in [0.2, 0.25) is 0 Å². The molecule has 0 aromatic rings. The van der Waals surface area contributed by atoms with E-state index in [4.69, 9.17) is 0 Å². The lowest BCUT2D eigenvalue weighted by Gasteiger charge is -2.34. The number of rotatable bonds is 7. The minimum Gasteiger partial charge on any atom is -0.195 e. The molecule has 0 saturated heterocycles. The summed E-state index contributed by atoms with van der Waals surface area (Å²) in [5, 5.41) is 0. The Morgan fingerprint density at radius 3 is 1.05 bits per heavy atom. The molecule has 0 aliphatic heterocycles. The summed E-state index contributed by atoms with van der Waals surface area (Å²) in [4.78, 5) is 0. The van der Waals surface area contributed by atoms with E-state index in [1.165, 1.54) is 13.8 Å². The Morgan fingerprint density at radius 2 is 0.850 bits per heavy atom. The summed E-state index contributed by atoms with van der Waals surface area (Å²) in [5.74, 6) is -23.2. The maximum Gasteiger partial charge on any atom is 0.382 e. The maximum atomic E-state index is 13.2. The Hall–Kier alpha value is -1.08. The zero-order valence-electron chi connectivity index (χ0n) is 10.7. The molecule has 0 radical (unpaired) electrons. The SMILES string of the molecule is CC/C=C/C(F)(F)C(F)(F)C(F)(F)C(F)(F)/C=C/CC. The summed E-state index contributed by atoms with van der Waals surface area (Å²) in [6.07, 6.45) is -0.234. The van der Waals surface area contributed by atoms with Gasteiger partial charge in [0, 0.05) is 0 Å². The van der Waals surface area contributed by atoms with Crippen LogP contribution in [0.1, 0.15) is 26.7 Å². The van der Waals surface area contributed by atoms with Crippen LogP contribution in [-0.4, -0.2) is 23.7 Å². The van der Waals surface area contributed by atoms with Crippen LogP contribution in [0.5, 0.6) is 0 Å². The molecule has 0 unspecified atom stereocenters. The van der Waals surface area contributed by atoms with Gasteiger partial charge >= 0.3 is 23.7 Å². The molecule has 0 atom stereocenters. The number of halogens is 8. The summed E-state index contributed by atoms with van der Waals surface area (Å²) in [7, 11) is 0. The highest BCUT2D eigenvalue weighted by molar-refractivity contribution is 5.15. The van der Waals surface area contributed by atoms with Crippen LogP contribution in [0, 0.1) is 0 Å². The van der Waals surface area contributed by atoms with Crippen molar-refractivity contribution in [3.63, 3.8) is 0 Å². The van der Waals surface area contributed by atoms with Crippen molar-refractivity contribution in [2.24, 2.45) is 0 Å². The second-order valence-corrected chi connectivity index (χ2v) is 4.02. The molecule has 0 aromatic carbocycles. The predicted octanol–water partition coefficient (Wildman–Crippen LogP) is 5.46. The van der Waals surface area contributed by atoms with Gasteiger partial charge < -0.3 is 0 Å². The fourth-order valence-electron chi connectivity index (χ4n) is 1.16. The summed E-state index contributed by atoms with van der Waals surface area (Å²) in [6.45, 7) is 2.59. The monoisotopic (exact) mass is 310 g/mol. The molecule has 0 nitrogen and oxygen atoms in total. The van der Waals surface area contributed by atoms with E-state index < -0.39 is 35.8 Å². The molecule has 118 valence electrons. The average molecular weight is 310 g/mol. The van der Waals surface area contributed by atoms with Gasteiger partial charge in [0.2, 0.25) is 0 Å². The third-order valence-electron chi connectivity index (χ3n) is 2.36. The zero-order valence-corrected chi connectivity index (χ0v) is 10.7. The van der Waals surface area contributed by atoms with E-state index in [1.807, 2.05) is 0 Å². The Morgan fingerprint density at radius 1 is 0.600 bits per heavy atom. The minimum atomic E-state index is -6.23. The first-order chi connectivity index (χ1) is 8.87. The van der Waals surface area contributed by atoms with Gasteiger partial charge in [-0.2, -0.15) is 35.1 Å². The molecular formula is C12H14F8. The van der Waals surface area contributed by atoms with E-state index >= 15 is 0 Å². The zero-order chi connectivity index (χ0) is 16.2. The molecule has 0 bridgehead atoms. The Bertz CT molecular complexity index is 332. The first-order valence-electron chi connectivity index (χ1n) is 5.74. The van der Waals surface area contributed by atoms with E-state index in [0.717, 1.165) is 0 Å². The smallest absolute Gasteiger partial charge is 0.195 e. The van der Waals surface area contributed by atoms with Crippen molar-refractivity contribution in [3.05, 3.63) is 24.3 Å². The Labute approximate surface area is 111 Å². The number of hydrogen-bond acceptors (Lipinski definition) is 0. The van der Waals surface area contributed by atoms with Crippen LogP contribution >= 0.6 is 0 Å².